The van der Waals surface area contributed by atoms with Crippen LogP contribution < -0.4 is 5.32 Å². The van der Waals surface area contributed by atoms with Crippen molar-refractivity contribution in [2.75, 3.05) is 0 Å². The second kappa shape index (κ2) is 7.49. The lowest BCUT2D eigenvalue weighted by Gasteiger charge is -2.09. The first-order valence-corrected chi connectivity index (χ1v) is 7.18. The molecule has 0 aliphatic rings. The Morgan fingerprint density at radius 1 is 1.29 bits per heavy atom. The molecule has 0 radical (unpaired) electrons. The van der Waals surface area contributed by atoms with E-state index in [1.165, 1.54) is 5.56 Å². The van der Waals surface area contributed by atoms with E-state index in [1.807, 2.05) is 0 Å². The van der Waals surface area contributed by atoms with Crippen LogP contribution in [0, 0.1) is 5.92 Å². The average molecular weight is 298 g/mol. The minimum Gasteiger partial charge on any atom is -0.352 e. The highest BCUT2D eigenvalue weighted by molar-refractivity contribution is 9.08. The molecule has 1 unspecified atom stereocenters. The van der Waals surface area contributed by atoms with Crippen LogP contribution in [0.5, 0.6) is 0 Å². The molecule has 0 saturated carbocycles. The van der Waals surface area contributed by atoms with Gasteiger partial charge in [0.1, 0.15) is 0 Å². The molecular weight excluding hydrogens is 278 g/mol. The lowest BCUT2D eigenvalue weighted by molar-refractivity contribution is -0.122. The maximum Gasteiger partial charge on any atom is 0.220 e. The Balaban J connectivity index is 2.36. The van der Waals surface area contributed by atoms with Gasteiger partial charge in [-0.1, -0.05) is 60.5 Å². The summed E-state index contributed by atoms with van der Waals surface area (Å²) in [6.45, 7) is 4.83. The maximum atomic E-state index is 11.6. The molecule has 0 aliphatic carbocycles. The third-order valence-corrected chi connectivity index (χ3v) is 3.55. The van der Waals surface area contributed by atoms with Gasteiger partial charge in [-0.3, -0.25) is 4.79 Å². The summed E-state index contributed by atoms with van der Waals surface area (Å²) < 4.78 is 0. The largest absolute Gasteiger partial charge is 0.352 e. The van der Waals surface area contributed by atoms with Crippen molar-refractivity contribution in [1.82, 2.24) is 5.32 Å². The Labute approximate surface area is 112 Å². The average Bonchev–Trinajstić information content (AvgIpc) is 2.36. The molecule has 1 rings (SSSR count). The lowest BCUT2D eigenvalue weighted by atomic mass is 10.0. The molecule has 0 bridgehead atoms. The topological polar surface area (TPSA) is 29.1 Å². The normalized spacial score (nSPS) is 12.2. The highest BCUT2D eigenvalue weighted by Crippen LogP contribution is 2.09. The van der Waals surface area contributed by atoms with Crippen molar-refractivity contribution in [1.29, 1.82) is 0 Å². The summed E-state index contributed by atoms with van der Waals surface area (Å²) in [5.74, 6) is 0.606. The van der Waals surface area contributed by atoms with Gasteiger partial charge in [-0.05, 0) is 17.0 Å². The lowest BCUT2D eigenvalue weighted by Crippen LogP contribution is -2.24. The van der Waals surface area contributed by atoms with Gasteiger partial charge in [-0.15, -0.1) is 0 Å². The third kappa shape index (κ3) is 5.35. The molecule has 0 aromatic heterocycles. The molecule has 3 heteroatoms. The van der Waals surface area contributed by atoms with Crippen LogP contribution >= 0.6 is 15.9 Å². The molecule has 1 atom stereocenters. The number of carbonyl (C=O) groups is 1. The minimum absolute atomic E-state index is 0.143. The monoisotopic (exact) mass is 297 g/mol. The molecule has 2 nitrogen and oxygen atoms in total. The van der Waals surface area contributed by atoms with Crippen molar-refractivity contribution in [3.63, 3.8) is 0 Å². The number of halogens is 1. The van der Waals surface area contributed by atoms with Crippen LogP contribution in [-0.2, 0) is 16.7 Å². The van der Waals surface area contributed by atoms with Crippen LogP contribution in [0.25, 0.3) is 0 Å². The molecule has 1 aromatic carbocycles. The van der Waals surface area contributed by atoms with Gasteiger partial charge < -0.3 is 5.32 Å². The summed E-state index contributed by atoms with van der Waals surface area (Å²) in [6.07, 6.45) is 1.67. The van der Waals surface area contributed by atoms with Crippen molar-refractivity contribution in [2.24, 2.45) is 5.92 Å². The van der Waals surface area contributed by atoms with Gasteiger partial charge in [-0.2, -0.15) is 0 Å². The zero-order chi connectivity index (χ0) is 12.7. The van der Waals surface area contributed by atoms with E-state index in [2.05, 4.69) is 59.4 Å². The molecule has 0 fully saturated rings. The number of carbonyl (C=O) groups excluding carboxylic acids is 1. The predicted octanol–water partition coefficient (Wildman–Crippen LogP) is 3.63. The smallest absolute Gasteiger partial charge is 0.220 e. The van der Waals surface area contributed by atoms with E-state index in [4.69, 9.17) is 0 Å². The first-order chi connectivity index (χ1) is 8.15. The molecule has 0 aliphatic heterocycles. The Kier molecular flexibility index (Phi) is 6.27. The van der Waals surface area contributed by atoms with E-state index in [0.29, 0.717) is 18.9 Å². The van der Waals surface area contributed by atoms with Crippen molar-refractivity contribution < 1.29 is 4.79 Å². The van der Waals surface area contributed by atoms with Gasteiger partial charge in [0, 0.05) is 18.3 Å². The molecule has 0 saturated heterocycles. The van der Waals surface area contributed by atoms with Crippen molar-refractivity contribution >= 4 is 21.8 Å². The second-order valence-electron chi connectivity index (χ2n) is 4.44. The van der Waals surface area contributed by atoms with Crippen molar-refractivity contribution in [3.05, 3.63) is 35.4 Å². The zero-order valence-corrected chi connectivity index (χ0v) is 12.1. The molecule has 0 heterocycles. The standard InChI is InChI=1S/C14H20BrNO/c1-3-11(2)8-14(17)16-10-13-6-4-12(9-15)5-7-13/h4-7,11H,3,8-10H2,1-2H3,(H,16,17). The summed E-state index contributed by atoms with van der Waals surface area (Å²) in [7, 11) is 0. The Morgan fingerprint density at radius 2 is 1.88 bits per heavy atom. The number of nitrogens with one attached hydrogen (secondary N) is 1. The summed E-state index contributed by atoms with van der Waals surface area (Å²) in [6, 6.07) is 8.26. The Morgan fingerprint density at radius 3 is 2.41 bits per heavy atom. The van der Waals surface area contributed by atoms with E-state index < -0.39 is 0 Å². The first kappa shape index (κ1) is 14.2. The summed E-state index contributed by atoms with van der Waals surface area (Å²) in [5, 5.41) is 3.82. The van der Waals surface area contributed by atoms with Gasteiger partial charge in [0.25, 0.3) is 0 Å². The van der Waals surface area contributed by atoms with E-state index in [0.717, 1.165) is 17.3 Å². The SMILES string of the molecule is CCC(C)CC(=O)NCc1ccc(CBr)cc1. The molecule has 1 amide bonds. The summed E-state index contributed by atoms with van der Waals surface area (Å²) >= 11 is 3.41. The van der Waals surface area contributed by atoms with E-state index >= 15 is 0 Å². The van der Waals surface area contributed by atoms with Gasteiger partial charge in [-0.25, -0.2) is 0 Å². The molecule has 17 heavy (non-hydrogen) atoms. The van der Waals surface area contributed by atoms with Crippen LogP contribution in [0.1, 0.15) is 37.8 Å². The van der Waals surface area contributed by atoms with Crippen LogP contribution in [0.15, 0.2) is 24.3 Å². The summed E-state index contributed by atoms with van der Waals surface area (Å²) in [5.41, 5.74) is 2.40. The Bertz CT molecular complexity index is 348. The van der Waals surface area contributed by atoms with E-state index in [1.54, 1.807) is 0 Å². The fourth-order valence-corrected chi connectivity index (χ4v) is 1.85. The fourth-order valence-electron chi connectivity index (χ4n) is 1.48. The fraction of sp³-hybridized carbons (Fsp3) is 0.500. The predicted molar refractivity (Wildman–Crippen MR) is 75.0 cm³/mol. The maximum absolute atomic E-state index is 11.6. The zero-order valence-electron chi connectivity index (χ0n) is 10.5. The van der Waals surface area contributed by atoms with Crippen molar-refractivity contribution in [2.45, 2.75) is 38.6 Å². The van der Waals surface area contributed by atoms with Crippen LogP contribution in [0.3, 0.4) is 0 Å². The molecule has 0 spiro atoms. The van der Waals surface area contributed by atoms with Crippen molar-refractivity contribution in [3.8, 4) is 0 Å². The summed E-state index contributed by atoms with van der Waals surface area (Å²) in [4.78, 5) is 11.6. The minimum atomic E-state index is 0.143. The Hall–Kier alpha value is -0.830. The number of alkyl halides is 1. The van der Waals surface area contributed by atoms with Gasteiger partial charge >= 0.3 is 0 Å². The number of hydrogen-bond acceptors (Lipinski definition) is 1. The molecule has 1 aromatic rings. The van der Waals surface area contributed by atoms with Crippen LogP contribution in [-0.4, -0.2) is 5.91 Å². The number of rotatable bonds is 6. The van der Waals surface area contributed by atoms with E-state index in [-0.39, 0.29) is 5.91 Å². The molecular formula is C14H20BrNO. The number of hydrogen-bond donors (Lipinski definition) is 1. The van der Waals surface area contributed by atoms with Gasteiger partial charge in [0.05, 0.1) is 0 Å². The number of amides is 1. The van der Waals surface area contributed by atoms with Gasteiger partial charge in [0.15, 0.2) is 0 Å². The third-order valence-electron chi connectivity index (χ3n) is 2.90. The van der Waals surface area contributed by atoms with Crippen LogP contribution in [0.2, 0.25) is 0 Å². The second-order valence-corrected chi connectivity index (χ2v) is 5.01. The highest BCUT2D eigenvalue weighted by Gasteiger charge is 2.06. The number of benzene rings is 1. The first-order valence-electron chi connectivity index (χ1n) is 6.06. The van der Waals surface area contributed by atoms with Gasteiger partial charge in [0.2, 0.25) is 5.91 Å². The molecule has 94 valence electrons. The van der Waals surface area contributed by atoms with E-state index in [9.17, 15) is 4.79 Å². The van der Waals surface area contributed by atoms with Crippen LogP contribution in [0.4, 0.5) is 0 Å². The highest BCUT2D eigenvalue weighted by atomic mass is 79.9. The molecule has 1 N–H and O–H groups in total. The quantitative estimate of drug-likeness (QED) is 0.798.